The Balaban J connectivity index is 2.21. The van der Waals surface area contributed by atoms with E-state index in [1.807, 2.05) is 44.2 Å². The largest absolute Gasteiger partial charge is 0.414 e. The average molecular weight is 394 g/mol. The van der Waals surface area contributed by atoms with Crippen LogP contribution in [0, 0.1) is 17.3 Å². The number of nitrogens with one attached hydrogen (secondary N) is 1. The SMILES string of the molecule is C[C@@H](C(=O)Sc1ccccc1)[C@H]1NC(=O)[C@@H]1[C@@](C)(O[SiH](C)C)C(C)(C)C. The zero-order valence-corrected chi connectivity index (χ0v) is 18.8. The molecule has 0 unspecified atom stereocenters. The van der Waals surface area contributed by atoms with Crippen molar-refractivity contribution in [2.24, 2.45) is 17.3 Å². The summed E-state index contributed by atoms with van der Waals surface area (Å²) in [6.07, 6.45) is 0. The maximum absolute atomic E-state index is 12.8. The molecule has 6 heteroatoms. The quantitative estimate of drug-likeness (QED) is 0.453. The van der Waals surface area contributed by atoms with E-state index in [2.05, 4.69) is 39.2 Å². The lowest BCUT2D eigenvalue weighted by molar-refractivity contribution is -0.162. The van der Waals surface area contributed by atoms with Crippen LogP contribution < -0.4 is 5.32 Å². The number of hydrogen-bond donors (Lipinski definition) is 1. The summed E-state index contributed by atoms with van der Waals surface area (Å²) in [5.41, 5.74) is -0.799. The minimum atomic E-state index is -1.37. The van der Waals surface area contributed by atoms with Gasteiger partial charge in [0.2, 0.25) is 5.91 Å². The average Bonchev–Trinajstić information content (AvgIpc) is 2.50. The number of β-lactam (4-membered cyclic amide) rings is 1. The molecule has 0 spiro atoms. The molecule has 4 atom stereocenters. The summed E-state index contributed by atoms with van der Waals surface area (Å²) in [6, 6.07) is 9.45. The van der Waals surface area contributed by atoms with Crippen LogP contribution in [0.5, 0.6) is 0 Å². The molecule has 144 valence electrons. The Morgan fingerprint density at radius 1 is 1.19 bits per heavy atom. The molecule has 0 aliphatic carbocycles. The number of benzene rings is 1. The minimum absolute atomic E-state index is 0.00793. The van der Waals surface area contributed by atoms with Crippen LogP contribution in [-0.2, 0) is 14.0 Å². The monoisotopic (exact) mass is 393 g/mol. The maximum Gasteiger partial charge on any atom is 0.228 e. The number of thioether (sulfide) groups is 1. The fourth-order valence-corrected chi connectivity index (χ4v) is 5.80. The summed E-state index contributed by atoms with van der Waals surface area (Å²) in [4.78, 5) is 26.2. The van der Waals surface area contributed by atoms with Gasteiger partial charge in [0.1, 0.15) is 0 Å². The van der Waals surface area contributed by atoms with E-state index in [0.717, 1.165) is 4.90 Å². The summed E-state index contributed by atoms with van der Waals surface area (Å²) < 4.78 is 6.41. The smallest absolute Gasteiger partial charge is 0.228 e. The first-order valence-electron chi connectivity index (χ1n) is 9.22. The molecule has 2 rings (SSSR count). The highest BCUT2D eigenvalue weighted by Gasteiger charge is 2.59. The number of hydrogen-bond acceptors (Lipinski definition) is 4. The fraction of sp³-hybridized carbons (Fsp3) is 0.600. The van der Waals surface area contributed by atoms with E-state index in [0.29, 0.717) is 0 Å². The molecule has 0 aromatic heterocycles. The number of carbonyl (C=O) groups is 2. The Morgan fingerprint density at radius 3 is 2.23 bits per heavy atom. The lowest BCUT2D eigenvalue weighted by Gasteiger charge is -2.55. The van der Waals surface area contributed by atoms with Crippen LogP contribution in [-0.4, -0.2) is 31.7 Å². The molecule has 26 heavy (non-hydrogen) atoms. The molecule has 1 aliphatic heterocycles. The van der Waals surface area contributed by atoms with E-state index in [-0.39, 0.29) is 34.3 Å². The maximum atomic E-state index is 12.8. The van der Waals surface area contributed by atoms with E-state index in [9.17, 15) is 9.59 Å². The van der Waals surface area contributed by atoms with E-state index < -0.39 is 14.6 Å². The van der Waals surface area contributed by atoms with Gasteiger partial charge < -0.3 is 9.74 Å². The number of amides is 1. The van der Waals surface area contributed by atoms with Crippen LogP contribution in [0.25, 0.3) is 0 Å². The molecule has 1 fully saturated rings. The van der Waals surface area contributed by atoms with Crippen molar-refractivity contribution < 1.29 is 14.0 Å². The van der Waals surface area contributed by atoms with Crippen LogP contribution in [0.4, 0.5) is 0 Å². The van der Waals surface area contributed by atoms with Gasteiger partial charge in [-0.05, 0) is 37.6 Å². The first-order chi connectivity index (χ1) is 12.0. The van der Waals surface area contributed by atoms with Crippen molar-refractivity contribution in [3.8, 4) is 0 Å². The molecule has 1 aliphatic rings. The molecular weight excluding hydrogens is 362 g/mol. The van der Waals surface area contributed by atoms with Crippen LogP contribution >= 0.6 is 11.8 Å². The van der Waals surface area contributed by atoms with E-state index in [1.165, 1.54) is 11.8 Å². The first kappa shape index (κ1) is 21.2. The topological polar surface area (TPSA) is 55.4 Å². The Morgan fingerprint density at radius 2 is 1.77 bits per heavy atom. The highest BCUT2D eigenvalue weighted by Crippen LogP contribution is 2.46. The highest BCUT2D eigenvalue weighted by molar-refractivity contribution is 8.13. The summed E-state index contributed by atoms with van der Waals surface area (Å²) in [7, 11) is -1.37. The van der Waals surface area contributed by atoms with Gasteiger partial charge in [-0.1, -0.05) is 57.7 Å². The molecular formula is C20H31NO3SSi. The summed E-state index contributed by atoms with van der Waals surface area (Å²) in [5, 5.41) is 3.05. The van der Waals surface area contributed by atoms with Gasteiger partial charge in [-0.2, -0.15) is 0 Å². The lowest BCUT2D eigenvalue weighted by atomic mass is 9.62. The summed E-state index contributed by atoms with van der Waals surface area (Å²) >= 11 is 1.24. The normalized spacial score (nSPS) is 23.8. The minimum Gasteiger partial charge on any atom is -0.414 e. The van der Waals surface area contributed by atoms with E-state index in [4.69, 9.17) is 4.43 Å². The van der Waals surface area contributed by atoms with Gasteiger partial charge in [-0.15, -0.1) is 0 Å². The third-order valence-electron chi connectivity index (χ3n) is 5.39. The van der Waals surface area contributed by atoms with Gasteiger partial charge >= 0.3 is 0 Å². The van der Waals surface area contributed by atoms with Gasteiger partial charge in [0.05, 0.1) is 17.6 Å². The molecule has 1 N–H and O–H groups in total. The zero-order valence-electron chi connectivity index (χ0n) is 16.8. The summed E-state index contributed by atoms with van der Waals surface area (Å²) in [5.74, 6) is -0.596. The van der Waals surface area contributed by atoms with E-state index >= 15 is 0 Å². The second-order valence-electron chi connectivity index (χ2n) is 8.56. The molecule has 0 bridgehead atoms. The number of rotatable bonds is 6. The third-order valence-corrected chi connectivity index (χ3v) is 7.43. The molecule has 1 aromatic rings. The van der Waals surface area contributed by atoms with Gasteiger partial charge in [0, 0.05) is 10.8 Å². The van der Waals surface area contributed by atoms with Crippen molar-refractivity contribution in [2.45, 2.75) is 64.3 Å². The van der Waals surface area contributed by atoms with Crippen molar-refractivity contribution >= 4 is 31.8 Å². The van der Waals surface area contributed by atoms with E-state index in [1.54, 1.807) is 0 Å². The summed E-state index contributed by atoms with van der Waals surface area (Å²) in [6.45, 7) is 14.5. The zero-order chi connectivity index (χ0) is 19.7. The van der Waals surface area contributed by atoms with Crippen molar-refractivity contribution in [3.63, 3.8) is 0 Å². The van der Waals surface area contributed by atoms with Crippen LogP contribution in [0.15, 0.2) is 35.2 Å². The Bertz CT molecular complexity index is 659. The van der Waals surface area contributed by atoms with Gasteiger partial charge in [-0.25, -0.2) is 0 Å². The van der Waals surface area contributed by atoms with Crippen LogP contribution in [0.2, 0.25) is 13.1 Å². The second kappa shape index (κ2) is 7.86. The Labute approximate surface area is 163 Å². The van der Waals surface area contributed by atoms with Crippen molar-refractivity contribution in [1.82, 2.24) is 5.32 Å². The van der Waals surface area contributed by atoms with Crippen LogP contribution in [0.3, 0.4) is 0 Å². The molecule has 1 heterocycles. The Kier molecular flexibility index (Phi) is 6.41. The Hall–Kier alpha value is -1.11. The number of carbonyl (C=O) groups excluding carboxylic acids is 2. The molecule has 1 amide bonds. The van der Waals surface area contributed by atoms with Crippen molar-refractivity contribution in [3.05, 3.63) is 30.3 Å². The van der Waals surface area contributed by atoms with Crippen LogP contribution in [0.1, 0.15) is 34.6 Å². The van der Waals surface area contributed by atoms with Gasteiger partial charge in [0.25, 0.3) is 0 Å². The van der Waals surface area contributed by atoms with Gasteiger partial charge in [0.15, 0.2) is 14.2 Å². The van der Waals surface area contributed by atoms with Crippen molar-refractivity contribution in [2.75, 3.05) is 0 Å². The molecule has 0 radical (unpaired) electrons. The molecule has 4 nitrogen and oxygen atoms in total. The first-order valence-corrected chi connectivity index (χ1v) is 12.8. The highest BCUT2D eigenvalue weighted by atomic mass is 32.2. The third kappa shape index (κ3) is 4.23. The predicted molar refractivity (Wildman–Crippen MR) is 110 cm³/mol. The van der Waals surface area contributed by atoms with Crippen molar-refractivity contribution in [1.29, 1.82) is 0 Å². The molecule has 1 aromatic carbocycles. The standard InChI is InChI=1S/C20H31NO3SSi/c1-13(18(23)25-14-11-9-8-10-12-14)16-15(17(22)21-16)20(5,19(2,3)4)24-26(6)7/h8-13,15-16,26H,1-7H3,(H,21,22)/t13-,15-,16-,20-/m1/s1. The molecule has 0 saturated carbocycles. The lowest BCUT2D eigenvalue weighted by Crippen LogP contribution is -2.72. The fourth-order valence-electron chi connectivity index (χ4n) is 3.46. The second-order valence-corrected chi connectivity index (χ2v) is 12.0. The predicted octanol–water partition coefficient (Wildman–Crippen LogP) is 3.86. The molecule has 1 saturated heterocycles. The van der Waals surface area contributed by atoms with Gasteiger partial charge in [-0.3, -0.25) is 9.59 Å².